The minimum Gasteiger partial charge on any atom is -0.480 e. The summed E-state index contributed by atoms with van der Waals surface area (Å²) in [6, 6.07) is 2.18. The quantitative estimate of drug-likeness (QED) is 0.803. The Morgan fingerprint density at radius 3 is 2.33 bits per heavy atom. The van der Waals surface area contributed by atoms with Crippen LogP contribution < -0.4 is 10.6 Å². The molecule has 1 aromatic rings. The molecule has 0 aromatic heterocycles. The van der Waals surface area contributed by atoms with Crippen molar-refractivity contribution in [2.45, 2.75) is 37.6 Å². The maximum absolute atomic E-state index is 13.1. The summed E-state index contributed by atoms with van der Waals surface area (Å²) in [7, 11) is 0. The molecule has 1 aromatic carbocycles. The molecule has 0 bridgehead atoms. The van der Waals surface area contributed by atoms with Gasteiger partial charge in [0, 0.05) is 11.8 Å². The first-order valence-corrected chi connectivity index (χ1v) is 6.70. The molecule has 7 heteroatoms. The van der Waals surface area contributed by atoms with Crippen molar-refractivity contribution in [1.29, 1.82) is 0 Å². The molecule has 0 aliphatic heterocycles. The van der Waals surface area contributed by atoms with Crippen molar-refractivity contribution in [2.24, 2.45) is 0 Å². The molecule has 2 rings (SSSR count). The van der Waals surface area contributed by atoms with Crippen LogP contribution in [0.15, 0.2) is 18.2 Å². The molecule has 0 atom stereocenters. The van der Waals surface area contributed by atoms with E-state index in [1.807, 2.05) is 0 Å². The minimum absolute atomic E-state index is 0.0581. The van der Waals surface area contributed by atoms with E-state index in [0.29, 0.717) is 12.8 Å². The Kier molecular flexibility index (Phi) is 4.40. The Hall–Kier alpha value is -2.18. The highest BCUT2D eigenvalue weighted by atomic mass is 19.2. The molecule has 1 saturated carbocycles. The van der Waals surface area contributed by atoms with E-state index in [0.717, 1.165) is 31.4 Å². The average molecular weight is 298 g/mol. The van der Waals surface area contributed by atoms with Gasteiger partial charge in [-0.05, 0) is 25.0 Å². The zero-order valence-electron chi connectivity index (χ0n) is 11.3. The Morgan fingerprint density at radius 2 is 1.76 bits per heavy atom. The second-order valence-electron chi connectivity index (χ2n) is 5.16. The molecular formula is C14H16F2N2O3. The van der Waals surface area contributed by atoms with Crippen molar-refractivity contribution in [3.05, 3.63) is 29.8 Å². The molecule has 3 N–H and O–H groups in total. The largest absolute Gasteiger partial charge is 0.480 e. The van der Waals surface area contributed by atoms with Crippen LogP contribution in [-0.2, 0) is 4.79 Å². The fraction of sp³-hybridized carbons (Fsp3) is 0.429. The van der Waals surface area contributed by atoms with Gasteiger partial charge in [-0.2, -0.15) is 0 Å². The van der Waals surface area contributed by atoms with Gasteiger partial charge in [0.15, 0.2) is 11.6 Å². The number of carboxylic acid groups (broad SMARTS) is 1. The van der Waals surface area contributed by atoms with Gasteiger partial charge in [-0.15, -0.1) is 0 Å². The van der Waals surface area contributed by atoms with Gasteiger partial charge in [-0.1, -0.05) is 19.3 Å². The second kappa shape index (κ2) is 6.07. The Labute approximate surface area is 120 Å². The summed E-state index contributed by atoms with van der Waals surface area (Å²) in [5, 5.41) is 14.1. The number of carbonyl (C=O) groups excluding carboxylic acids is 1. The number of anilines is 1. The van der Waals surface area contributed by atoms with Crippen molar-refractivity contribution < 1.29 is 23.5 Å². The van der Waals surface area contributed by atoms with Crippen molar-refractivity contribution >= 4 is 17.7 Å². The molecule has 0 radical (unpaired) electrons. The number of hydrogen-bond donors (Lipinski definition) is 3. The number of carbonyl (C=O) groups is 2. The van der Waals surface area contributed by atoms with Crippen LogP contribution >= 0.6 is 0 Å². The first-order chi connectivity index (χ1) is 9.93. The molecule has 1 aliphatic carbocycles. The van der Waals surface area contributed by atoms with E-state index >= 15 is 0 Å². The van der Waals surface area contributed by atoms with Crippen LogP contribution in [0.4, 0.5) is 19.3 Å². The molecule has 0 spiro atoms. The molecule has 2 amide bonds. The maximum atomic E-state index is 13.1. The Bertz CT molecular complexity index is 557. The lowest BCUT2D eigenvalue weighted by Crippen LogP contribution is -2.56. The van der Waals surface area contributed by atoms with Gasteiger partial charge in [0.05, 0.1) is 0 Å². The predicted octanol–water partition coefficient (Wildman–Crippen LogP) is 2.87. The van der Waals surface area contributed by atoms with Crippen LogP contribution in [0.1, 0.15) is 32.1 Å². The molecule has 21 heavy (non-hydrogen) atoms. The van der Waals surface area contributed by atoms with Gasteiger partial charge in [0.25, 0.3) is 0 Å². The summed E-state index contributed by atoms with van der Waals surface area (Å²) in [6.07, 6.45) is 3.08. The van der Waals surface area contributed by atoms with Crippen LogP contribution in [0, 0.1) is 11.6 Å². The van der Waals surface area contributed by atoms with Crippen molar-refractivity contribution in [3.8, 4) is 0 Å². The SMILES string of the molecule is O=C(Nc1ccc(F)c(F)c1)NC1(C(=O)O)CCCCC1. The van der Waals surface area contributed by atoms with E-state index in [4.69, 9.17) is 0 Å². The lowest BCUT2D eigenvalue weighted by atomic mass is 9.82. The van der Waals surface area contributed by atoms with E-state index in [9.17, 15) is 23.5 Å². The molecule has 114 valence electrons. The number of amides is 2. The van der Waals surface area contributed by atoms with E-state index in [1.54, 1.807) is 0 Å². The van der Waals surface area contributed by atoms with Gasteiger partial charge in [-0.3, -0.25) is 0 Å². The van der Waals surface area contributed by atoms with Gasteiger partial charge in [0.1, 0.15) is 5.54 Å². The predicted molar refractivity (Wildman–Crippen MR) is 72.0 cm³/mol. The highest BCUT2D eigenvalue weighted by Crippen LogP contribution is 2.28. The third kappa shape index (κ3) is 3.48. The summed E-state index contributed by atoms with van der Waals surface area (Å²) < 4.78 is 25.8. The summed E-state index contributed by atoms with van der Waals surface area (Å²) in [5.74, 6) is -3.18. The molecule has 0 saturated heterocycles. The van der Waals surface area contributed by atoms with E-state index in [2.05, 4.69) is 10.6 Å². The number of halogens is 2. The molecule has 0 heterocycles. The first kappa shape index (κ1) is 15.2. The summed E-state index contributed by atoms with van der Waals surface area (Å²) in [5.41, 5.74) is -1.23. The number of rotatable bonds is 3. The van der Waals surface area contributed by atoms with Gasteiger partial charge in [0.2, 0.25) is 0 Å². The smallest absolute Gasteiger partial charge is 0.329 e. The van der Waals surface area contributed by atoms with Crippen LogP contribution in [0.2, 0.25) is 0 Å². The van der Waals surface area contributed by atoms with Crippen molar-refractivity contribution in [3.63, 3.8) is 0 Å². The maximum Gasteiger partial charge on any atom is 0.329 e. The molecule has 0 unspecified atom stereocenters. The molecular weight excluding hydrogens is 282 g/mol. The fourth-order valence-electron chi connectivity index (χ4n) is 2.50. The Balaban J connectivity index is 2.05. The standard InChI is InChI=1S/C14H16F2N2O3/c15-10-5-4-9(8-11(10)16)17-13(21)18-14(12(19)20)6-2-1-3-7-14/h4-5,8H,1-3,6-7H2,(H,19,20)(H2,17,18,21). The number of benzene rings is 1. The second-order valence-corrected chi connectivity index (χ2v) is 5.16. The van der Waals surface area contributed by atoms with E-state index in [1.165, 1.54) is 6.07 Å². The number of hydrogen-bond acceptors (Lipinski definition) is 2. The summed E-state index contributed by atoms with van der Waals surface area (Å²) in [6.45, 7) is 0. The van der Waals surface area contributed by atoms with Crippen LogP contribution in [-0.4, -0.2) is 22.6 Å². The van der Waals surface area contributed by atoms with Crippen LogP contribution in [0.3, 0.4) is 0 Å². The fourth-order valence-corrected chi connectivity index (χ4v) is 2.50. The van der Waals surface area contributed by atoms with Gasteiger partial charge < -0.3 is 15.7 Å². The topological polar surface area (TPSA) is 78.4 Å². The van der Waals surface area contributed by atoms with Gasteiger partial charge >= 0.3 is 12.0 Å². The zero-order chi connectivity index (χ0) is 15.5. The minimum atomic E-state index is -1.29. The third-order valence-corrected chi connectivity index (χ3v) is 3.65. The first-order valence-electron chi connectivity index (χ1n) is 6.70. The Morgan fingerprint density at radius 1 is 1.10 bits per heavy atom. The van der Waals surface area contributed by atoms with E-state index < -0.39 is 29.2 Å². The number of carboxylic acids is 1. The number of urea groups is 1. The van der Waals surface area contributed by atoms with Crippen molar-refractivity contribution in [2.75, 3.05) is 5.32 Å². The van der Waals surface area contributed by atoms with Crippen molar-refractivity contribution in [1.82, 2.24) is 5.32 Å². The number of nitrogens with one attached hydrogen (secondary N) is 2. The average Bonchev–Trinajstić information content (AvgIpc) is 2.43. The molecule has 5 nitrogen and oxygen atoms in total. The van der Waals surface area contributed by atoms with Crippen LogP contribution in [0.5, 0.6) is 0 Å². The zero-order valence-corrected chi connectivity index (χ0v) is 11.3. The monoisotopic (exact) mass is 298 g/mol. The lowest BCUT2D eigenvalue weighted by molar-refractivity contribution is -0.145. The highest BCUT2D eigenvalue weighted by Gasteiger charge is 2.41. The number of aliphatic carboxylic acids is 1. The molecule has 1 fully saturated rings. The normalized spacial score (nSPS) is 17.0. The van der Waals surface area contributed by atoms with Gasteiger partial charge in [-0.25, -0.2) is 18.4 Å². The summed E-state index contributed by atoms with van der Waals surface area (Å²) >= 11 is 0. The highest BCUT2D eigenvalue weighted by molar-refractivity contribution is 5.93. The third-order valence-electron chi connectivity index (χ3n) is 3.65. The lowest BCUT2D eigenvalue weighted by Gasteiger charge is -2.33. The summed E-state index contributed by atoms with van der Waals surface area (Å²) in [4.78, 5) is 23.3. The van der Waals surface area contributed by atoms with E-state index in [-0.39, 0.29) is 5.69 Å². The van der Waals surface area contributed by atoms with Crippen LogP contribution in [0.25, 0.3) is 0 Å². The molecule has 1 aliphatic rings.